The van der Waals surface area contributed by atoms with E-state index in [0.29, 0.717) is 12.5 Å². The fourth-order valence-electron chi connectivity index (χ4n) is 3.81. The highest BCUT2D eigenvalue weighted by Gasteiger charge is 2.27. The maximum Gasteiger partial charge on any atom is 0.253 e. The van der Waals surface area contributed by atoms with Crippen molar-refractivity contribution in [2.24, 2.45) is 0 Å². The molecule has 4 rings (SSSR count). The van der Waals surface area contributed by atoms with Gasteiger partial charge in [0.25, 0.3) is 5.91 Å². The number of carbonyl (C=O) groups excluding carboxylic acids is 1. The van der Waals surface area contributed by atoms with Crippen LogP contribution in [0.2, 0.25) is 0 Å². The molecule has 1 aromatic carbocycles. The minimum absolute atomic E-state index is 0.0246. The van der Waals surface area contributed by atoms with Gasteiger partial charge in [0.05, 0.1) is 16.6 Å². The third kappa shape index (κ3) is 2.11. The Morgan fingerprint density at radius 3 is 2.86 bits per heavy atom. The summed E-state index contributed by atoms with van der Waals surface area (Å²) in [5.41, 5.74) is 2.74. The maximum atomic E-state index is 12.2. The molecule has 0 radical (unpaired) electrons. The standard InChI is InChI=1S/C17H22N4O/c1-2-20-9-6-12(7-10-20)16-19-14-5-3-4-13-15(14)21(16)11-8-18-17(13)22/h3-5,12H,2,6-11H2,1H3,(H,18,22). The van der Waals surface area contributed by atoms with Crippen LogP contribution in [0.25, 0.3) is 11.0 Å². The van der Waals surface area contributed by atoms with Gasteiger partial charge < -0.3 is 14.8 Å². The molecule has 0 atom stereocenters. The molecule has 5 heteroatoms. The van der Waals surface area contributed by atoms with Gasteiger partial charge in [-0.3, -0.25) is 4.79 Å². The molecule has 1 fully saturated rings. The lowest BCUT2D eigenvalue weighted by molar-refractivity contribution is 0.0956. The lowest BCUT2D eigenvalue weighted by Crippen LogP contribution is -2.33. The molecule has 0 saturated carbocycles. The molecule has 0 unspecified atom stereocenters. The Morgan fingerprint density at radius 1 is 1.27 bits per heavy atom. The fourth-order valence-corrected chi connectivity index (χ4v) is 3.81. The second-order valence-electron chi connectivity index (χ2n) is 6.26. The molecule has 0 spiro atoms. The SMILES string of the molecule is CCN1CCC(c2nc3cccc4c3n2CCNC4=O)CC1. The van der Waals surface area contributed by atoms with Crippen LogP contribution in [-0.4, -0.2) is 46.5 Å². The second-order valence-corrected chi connectivity index (χ2v) is 6.26. The molecule has 2 aromatic rings. The van der Waals surface area contributed by atoms with Gasteiger partial charge in [-0.15, -0.1) is 0 Å². The summed E-state index contributed by atoms with van der Waals surface area (Å²) in [7, 11) is 0. The highest BCUT2D eigenvalue weighted by molar-refractivity contribution is 6.05. The largest absolute Gasteiger partial charge is 0.350 e. The quantitative estimate of drug-likeness (QED) is 0.922. The number of hydrogen-bond acceptors (Lipinski definition) is 3. The third-order valence-electron chi connectivity index (χ3n) is 5.06. The van der Waals surface area contributed by atoms with Crippen molar-refractivity contribution in [1.82, 2.24) is 19.8 Å². The zero-order valence-corrected chi connectivity index (χ0v) is 13.0. The molecule has 1 N–H and O–H groups in total. The average molecular weight is 298 g/mol. The van der Waals surface area contributed by atoms with Gasteiger partial charge >= 0.3 is 0 Å². The summed E-state index contributed by atoms with van der Waals surface area (Å²) >= 11 is 0. The molecule has 2 aliphatic rings. The zero-order chi connectivity index (χ0) is 15.1. The van der Waals surface area contributed by atoms with E-state index in [4.69, 9.17) is 4.98 Å². The van der Waals surface area contributed by atoms with Crippen LogP contribution in [0.1, 0.15) is 41.9 Å². The Hall–Kier alpha value is -1.88. The summed E-state index contributed by atoms with van der Waals surface area (Å²) in [6, 6.07) is 5.87. The Kier molecular flexibility index (Phi) is 3.37. The first-order valence-electron chi connectivity index (χ1n) is 8.27. The van der Waals surface area contributed by atoms with Gasteiger partial charge in [0, 0.05) is 19.0 Å². The minimum Gasteiger partial charge on any atom is -0.350 e. The van der Waals surface area contributed by atoms with E-state index in [1.54, 1.807) is 0 Å². The lowest BCUT2D eigenvalue weighted by Gasteiger charge is -2.30. The summed E-state index contributed by atoms with van der Waals surface area (Å²) < 4.78 is 2.29. The zero-order valence-electron chi connectivity index (χ0n) is 13.0. The fraction of sp³-hybridized carbons (Fsp3) is 0.529. The number of likely N-dealkylation sites (tertiary alicyclic amines) is 1. The van der Waals surface area contributed by atoms with E-state index in [2.05, 4.69) is 21.7 Å². The van der Waals surface area contributed by atoms with Crippen molar-refractivity contribution in [2.45, 2.75) is 32.2 Å². The highest BCUT2D eigenvalue weighted by Crippen LogP contribution is 2.31. The molecule has 0 bridgehead atoms. The van der Waals surface area contributed by atoms with Crippen molar-refractivity contribution in [3.63, 3.8) is 0 Å². The van der Waals surface area contributed by atoms with Gasteiger partial charge in [-0.2, -0.15) is 0 Å². The molecule has 0 aliphatic carbocycles. The third-order valence-corrected chi connectivity index (χ3v) is 5.06. The Bertz CT molecular complexity index is 713. The van der Waals surface area contributed by atoms with Gasteiger partial charge in [0.2, 0.25) is 0 Å². The monoisotopic (exact) mass is 298 g/mol. The number of benzene rings is 1. The van der Waals surface area contributed by atoms with Crippen LogP contribution in [0, 0.1) is 0 Å². The van der Waals surface area contributed by atoms with Crippen LogP contribution in [0.3, 0.4) is 0 Å². The molecule has 3 heterocycles. The molecule has 1 amide bonds. The number of para-hydroxylation sites is 1. The number of nitrogens with zero attached hydrogens (tertiary/aromatic N) is 3. The summed E-state index contributed by atoms with van der Waals surface area (Å²) in [4.78, 5) is 19.6. The first kappa shape index (κ1) is 13.8. The van der Waals surface area contributed by atoms with Gasteiger partial charge in [0.15, 0.2) is 0 Å². The molecule has 116 valence electrons. The smallest absolute Gasteiger partial charge is 0.253 e. The molecule has 22 heavy (non-hydrogen) atoms. The highest BCUT2D eigenvalue weighted by atomic mass is 16.1. The number of piperidine rings is 1. The van der Waals surface area contributed by atoms with Crippen LogP contribution in [0.15, 0.2) is 18.2 Å². The summed E-state index contributed by atoms with van der Waals surface area (Å²) in [6.07, 6.45) is 2.32. The van der Waals surface area contributed by atoms with Crippen LogP contribution in [0.5, 0.6) is 0 Å². The van der Waals surface area contributed by atoms with E-state index in [-0.39, 0.29) is 5.91 Å². The summed E-state index contributed by atoms with van der Waals surface area (Å²) in [5.74, 6) is 1.71. The Balaban J connectivity index is 1.77. The molecular weight excluding hydrogens is 276 g/mol. The van der Waals surface area contributed by atoms with Crippen LogP contribution < -0.4 is 5.32 Å². The first-order valence-corrected chi connectivity index (χ1v) is 8.27. The average Bonchev–Trinajstić information content (AvgIpc) is 2.84. The van der Waals surface area contributed by atoms with E-state index in [0.717, 1.165) is 55.6 Å². The normalized spacial score (nSPS) is 20.1. The molecule has 5 nitrogen and oxygen atoms in total. The van der Waals surface area contributed by atoms with E-state index < -0.39 is 0 Å². The molecule has 1 saturated heterocycles. The maximum absolute atomic E-state index is 12.2. The predicted molar refractivity (Wildman–Crippen MR) is 86.2 cm³/mol. The number of imidazole rings is 1. The number of nitrogens with one attached hydrogen (secondary N) is 1. The van der Waals surface area contributed by atoms with Crippen LogP contribution >= 0.6 is 0 Å². The predicted octanol–water partition coefficient (Wildman–Crippen LogP) is 1.98. The molecule has 2 aliphatic heterocycles. The number of rotatable bonds is 2. The van der Waals surface area contributed by atoms with Crippen molar-refractivity contribution in [2.75, 3.05) is 26.2 Å². The van der Waals surface area contributed by atoms with Gasteiger partial charge in [0.1, 0.15) is 5.82 Å². The van der Waals surface area contributed by atoms with E-state index in [1.807, 2.05) is 18.2 Å². The first-order chi connectivity index (χ1) is 10.8. The molecule has 1 aromatic heterocycles. The van der Waals surface area contributed by atoms with E-state index in [1.165, 1.54) is 5.82 Å². The molecular formula is C17H22N4O. The number of hydrogen-bond donors (Lipinski definition) is 1. The summed E-state index contributed by atoms with van der Waals surface area (Å²) in [5, 5.41) is 2.99. The summed E-state index contributed by atoms with van der Waals surface area (Å²) in [6.45, 7) is 7.15. The number of aromatic nitrogens is 2. The Labute approximate surface area is 130 Å². The van der Waals surface area contributed by atoms with E-state index in [9.17, 15) is 4.79 Å². The van der Waals surface area contributed by atoms with Crippen molar-refractivity contribution in [3.8, 4) is 0 Å². The van der Waals surface area contributed by atoms with Crippen LogP contribution in [0.4, 0.5) is 0 Å². The lowest BCUT2D eigenvalue weighted by atomic mass is 9.96. The van der Waals surface area contributed by atoms with Crippen molar-refractivity contribution in [3.05, 3.63) is 29.6 Å². The van der Waals surface area contributed by atoms with E-state index >= 15 is 0 Å². The second kappa shape index (κ2) is 5.39. The van der Waals surface area contributed by atoms with Crippen molar-refractivity contribution >= 4 is 16.9 Å². The number of amides is 1. The minimum atomic E-state index is 0.0246. The van der Waals surface area contributed by atoms with Gasteiger partial charge in [-0.25, -0.2) is 4.98 Å². The number of carbonyl (C=O) groups is 1. The topological polar surface area (TPSA) is 50.2 Å². The van der Waals surface area contributed by atoms with Crippen LogP contribution in [-0.2, 0) is 6.54 Å². The van der Waals surface area contributed by atoms with Crippen molar-refractivity contribution in [1.29, 1.82) is 0 Å². The van der Waals surface area contributed by atoms with Crippen molar-refractivity contribution < 1.29 is 4.79 Å². The Morgan fingerprint density at radius 2 is 2.09 bits per heavy atom. The van der Waals surface area contributed by atoms with Gasteiger partial charge in [-0.05, 0) is 44.6 Å². The van der Waals surface area contributed by atoms with Gasteiger partial charge in [-0.1, -0.05) is 13.0 Å².